The normalized spacial score (nSPS) is 13.0. The van der Waals surface area contributed by atoms with Crippen LogP contribution in [-0.2, 0) is 0 Å². The number of urea groups is 1. The summed E-state index contributed by atoms with van der Waals surface area (Å²) in [6.07, 6.45) is 3.46. The molecule has 0 saturated heterocycles. The minimum Gasteiger partial charge on any atom is -0.319 e. The number of hydrogen-bond donors (Lipinski definition) is 2. The van der Waals surface area contributed by atoms with Gasteiger partial charge in [-0.2, -0.15) is 0 Å². The van der Waals surface area contributed by atoms with Gasteiger partial charge in [0.1, 0.15) is 0 Å². The lowest BCUT2D eigenvalue weighted by atomic mass is 10.2. The number of hydrogen-bond acceptors (Lipinski definition) is 1. The maximum Gasteiger partial charge on any atom is 0.412 e. The Labute approximate surface area is 62.2 Å². The van der Waals surface area contributed by atoms with E-state index in [2.05, 4.69) is 6.92 Å². The molecular weight excluding hydrogens is 128 g/mol. The molecule has 10 heavy (non-hydrogen) atoms. The molecule has 3 N–H and O–H groups in total. The predicted octanol–water partition coefficient (Wildman–Crippen LogP) is -0.230. The van der Waals surface area contributed by atoms with E-state index in [9.17, 15) is 4.79 Å². The van der Waals surface area contributed by atoms with Crippen molar-refractivity contribution in [2.24, 2.45) is 5.73 Å². The lowest BCUT2D eigenvalue weighted by Crippen LogP contribution is -3.13. The monoisotopic (exact) mass is 145 g/mol. The molecule has 1 unspecified atom stereocenters. The van der Waals surface area contributed by atoms with Crippen molar-refractivity contribution in [2.75, 3.05) is 13.6 Å². The topological polar surface area (TPSA) is 47.5 Å². The predicted molar refractivity (Wildman–Crippen MR) is 40.9 cm³/mol. The first kappa shape index (κ1) is 9.43. The lowest BCUT2D eigenvalue weighted by molar-refractivity contribution is -0.791. The zero-order valence-electron chi connectivity index (χ0n) is 6.81. The number of carbonyl (C=O) groups is 1. The Hall–Kier alpha value is -0.570. The van der Waals surface area contributed by atoms with Gasteiger partial charge in [0, 0.05) is 0 Å². The van der Waals surface area contributed by atoms with Crippen molar-refractivity contribution in [2.45, 2.75) is 26.2 Å². The number of rotatable bonds is 4. The molecule has 0 aromatic heterocycles. The van der Waals surface area contributed by atoms with Crippen LogP contribution < -0.4 is 10.6 Å². The zero-order valence-corrected chi connectivity index (χ0v) is 6.81. The van der Waals surface area contributed by atoms with E-state index in [1.54, 1.807) is 7.05 Å². The second-order valence-corrected chi connectivity index (χ2v) is 2.60. The van der Waals surface area contributed by atoms with Crippen LogP contribution >= 0.6 is 0 Å². The third-order valence-electron chi connectivity index (χ3n) is 1.58. The average Bonchev–Trinajstić information content (AvgIpc) is 1.88. The third-order valence-corrected chi connectivity index (χ3v) is 1.58. The van der Waals surface area contributed by atoms with Crippen molar-refractivity contribution in [1.82, 2.24) is 0 Å². The van der Waals surface area contributed by atoms with E-state index in [-0.39, 0.29) is 6.03 Å². The van der Waals surface area contributed by atoms with Crippen molar-refractivity contribution in [3.63, 3.8) is 0 Å². The average molecular weight is 145 g/mol. The van der Waals surface area contributed by atoms with Gasteiger partial charge >= 0.3 is 6.03 Å². The Balaban J connectivity index is 3.21. The highest BCUT2D eigenvalue weighted by Crippen LogP contribution is 1.88. The molecule has 3 heteroatoms. The first-order chi connectivity index (χ1) is 4.68. The molecule has 0 aliphatic carbocycles. The SMILES string of the molecule is CCCCC[NH+](C)C(N)=O. The van der Waals surface area contributed by atoms with Crippen LogP contribution in [0, 0.1) is 0 Å². The van der Waals surface area contributed by atoms with Gasteiger partial charge in [-0.05, 0) is 12.8 Å². The highest BCUT2D eigenvalue weighted by atomic mass is 16.2. The zero-order chi connectivity index (χ0) is 7.98. The molecule has 3 nitrogen and oxygen atoms in total. The van der Waals surface area contributed by atoms with Gasteiger partial charge in [-0.3, -0.25) is 4.90 Å². The van der Waals surface area contributed by atoms with Crippen LogP contribution in [0.15, 0.2) is 0 Å². The number of carbonyl (C=O) groups excluding carboxylic acids is 1. The fourth-order valence-electron chi connectivity index (χ4n) is 0.763. The molecule has 60 valence electrons. The van der Waals surface area contributed by atoms with Crippen molar-refractivity contribution in [3.05, 3.63) is 0 Å². The first-order valence-electron chi connectivity index (χ1n) is 3.80. The molecular formula is C7H17N2O+. The van der Waals surface area contributed by atoms with Gasteiger partial charge in [0.25, 0.3) is 0 Å². The summed E-state index contributed by atoms with van der Waals surface area (Å²) in [6.45, 7) is 3.00. The van der Waals surface area contributed by atoms with Gasteiger partial charge in [-0.1, -0.05) is 13.3 Å². The van der Waals surface area contributed by atoms with Gasteiger partial charge in [-0.15, -0.1) is 0 Å². The van der Waals surface area contributed by atoms with E-state index in [0.29, 0.717) is 0 Å². The van der Waals surface area contributed by atoms with Gasteiger partial charge in [0.15, 0.2) is 0 Å². The van der Waals surface area contributed by atoms with Crippen LogP contribution in [0.25, 0.3) is 0 Å². The second kappa shape index (κ2) is 5.23. The van der Waals surface area contributed by atoms with E-state index in [4.69, 9.17) is 5.73 Å². The van der Waals surface area contributed by atoms with Crippen molar-refractivity contribution < 1.29 is 9.69 Å². The lowest BCUT2D eigenvalue weighted by Gasteiger charge is -2.06. The fourth-order valence-corrected chi connectivity index (χ4v) is 0.763. The van der Waals surface area contributed by atoms with Crippen molar-refractivity contribution in [1.29, 1.82) is 0 Å². The minimum atomic E-state index is -0.254. The van der Waals surface area contributed by atoms with Crippen LogP contribution in [0.4, 0.5) is 4.79 Å². The number of unbranched alkanes of at least 4 members (excludes halogenated alkanes) is 2. The Bertz CT molecular complexity index is 104. The van der Waals surface area contributed by atoms with Crippen molar-refractivity contribution >= 4 is 6.03 Å². The Morgan fingerprint density at radius 2 is 2.10 bits per heavy atom. The summed E-state index contributed by atoms with van der Waals surface area (Å²) < 4.78 is 0. The van der Waals surface area contributed by atoms with Crippen LogP contribution in [-0.4, -0.2) is 19.6 Å². The molecule has 0 aliphatic rings. The summed E-state index contributed by atoms with van der Waals surface area (Å²) in [5.41, 5.74) is 5.04. The molecule has 2 amide bonds. The molecule has 1 atom stereocenters. The summed E-state index contributed by atoms with van der Waals surface area (Å²) in [6, 6.07) is -0.254. The van der Waals surface area contributed by atoms with E-state index in [0.717, 1.165) is 17.9 Å². The maximum absolute atomic E-state index is 10.5. The number of nitrogens with two attached hydrogens (primary N) is 1. The van der Waals surface area contributed by atoms with E-state index in [1.807, 2.05) is 0 Å². The summed E-state index contributed by atoms with van der Waals surface area (Å²) >= 11 is 0. The Kier molecular flexibility index (Phi) is 4.94. The molecule has 0 bridgehead atoms. The Morgan fingerprint density at radius 3 is 2.50 bits per heavy atom. The van der Waals surface area contributed by atoms with E-state index in [1.165, 1.54) is 12.8 Å². The fraction of sp³-hybridized carbons (Fsp3) is 0.857. The molecule has 0 rings (SSSR count). The summed E-state index contributed by atoms with van der Waals surface area (Å²) in [5.74, 6) is 0. The van der Waals surface area contributed by atoms with Gasteiger partial charge in [-0.25, -0.2) is 4.79 Å². The van der Waals surface area contributed by atoms with Crippen LogP contribution in [0.1, 0.15) is 26.2 Å². The quantitative estimate of drug-likeness (QED) is 0.527. The van der Waals surface area contributed by atoms with Gasteiger partial charge in [0.2, 0.25) is 0 Å². The molecule has 0 aromatic carbocycles. The van der Waals surface area contributed by atoms with E-state index < -0.39 is 0 Å². The second-order valence-electron chi connectivity index (χ2n) is 2.60. The Morgan fingerprint density at radius 1 is 1.50 bits per heavy atom. The molecule has 0 aliphatic heterocycles. The number of primary amides is 1. The van der Waals surface area contributed by atoms with Crippen LogP contribution in [0.2, 0.25) is 0 Å². The smallest absolute Gasteiger partial charge is 0.319 e. The summed E-state index contributed by atoms with van der Waals surface area (Å²) in [7, 11) is 1.80. The molecule has 0 spiro atoms. The molecule has 0 radical (unpaired) electrons. The van der Waals surface area contributed by atoms with Crippen molar-refractivity contribution in [3.8, 4) is 0 Å². The standard InChI is InChI=1S/C7H16N2O/c1-3-4-5-6-9(2)7(8)10/h3-6H2,1-2H3,(H2,8,10)/p+1. The summed E-state index contributed by atoms with van der Waals surface area (Å²) in [4.78, 5) is 11.3. The van der Waals surface area contributed by atoms with Gasteiger partial charge in [0.05, 0.1) is 13.6 Å². The number of nitrogens with one attached hydrogen (secondary N) is 1. The minimum absolute atomic E-state index is 0.254. The molecule has 0 fully saturated rings. The van der Waals surface area contributed by atoms with E-state index >= 15 is 0 Å². The van der Waals surface area contributed by atoms with Crippen LogP contribution in [0.5, 0.6) is 0 Å². The molecule has 0 saturated carbocycles. The highest BCUT2D eigenvalue weighted by molar-refractivity contribution is 5.61. The largest absolute Gasteiger partial charge is 0.412 e. The number of quaternary nitrogens is 1. The van der Waals surface area contributed by atoms with Gasteiger partial charge < -0.3 is 5.73 Å². The number of amides is 2. The molecule has 0 heterocycles. The maximum atomic E-state index is 10.5. The highest BCUT2D eigenvalue weighted by Gasteiger charge is 2.06. The van der Waals surface area contributed by atoms with Crippen LogP contribution in [0.3, 0.4) is 0 Å². The molecule has 0 aromatic rings. The first-order valence-corrected chi connectivity index (χ1v) is 3.80. The summed E-state index contributed by atoms with van der Waals surface area (Å²) in [5, 5.41) is 0. The third kappa shape index (κ3) is 4.32.